The van der Waals surface area contributed by atoms with Crippen molar-refractivity contribution in [3.8, 4) is 0 Å². The lowest BCUT2D eigenvalue weighted by Gasteiger charge is -2.25. The number of aryl methyl sites for hydroxylation is 2. The van der Waals surface area contributed by atoms with Gasteiger partial charge in [-0.15, -0.1) is 11.3 Å². The van der Waals surface area contributed by atoms with Crippen molar-refractivity contribution in [2.24, 2.45) is 0 Å². The molecule has 0 aliphatic heterocycles. The van der Waals surface area contributed by atoms with Crippen LogP contribution in [0, 0.1) is 0 Å². The zero-order chi connectivity index (χ0) is 13.3. The second-order valence-corrected chi connectivity index (χ2v) is 6.88. The zero-order valence-electron chi connectivity index (χ0n) is 11.3. The summed E-state index contributed by atoms with van der Waals surface area (Å²) in [5, 5.41) is 9.76. The van der Waals surface area contributed by atoms with E-state index in [1.807, 2.05) is 6.07 Å². The van der Waals surface area contributed by atoms with Gasteiger partial charge in [-0.1, -0.05) is 0 Å². The van der Waals surface area contributed by atoms with Gasteiger partial charge in [0.15, 0.2) is 0 Å². The molecule has 1 amide bonds. The Morgan fingerprint density at radius 2 is 2.11 bits per heavy atom. The van der Waals surface area contributed by atoms with Crippen molar-refractivity contribution in [3.05, 3.63) is 21.4 Å². The van der Waals surface area contributed by atoms with Gasteiger partial charge in [0.25, 0.3) is 5.91 Å². The van der Waals surface area contributed by atoms with Gasteiger partial charge < -0.3 is 10.0 Å². The van der Waals surface area contributed by atoms with Gasteiger partial charge >= 0.3 is 0 Å². The third kappa shape index (κ3) is 3.12. The summed E-state index contributed by atoms with van der Waals surface area (Å²) in [6.07, 6.45) is 4.69. The Hall–Kier alpha value is -0.870. The summed E-state index contributed by atoms with van der Waals surface area (Å²) in [5.41, 5.74) is 0.507. The number of amides is 1. The molecule has 4 heteroatoms. The number of likely N-dealkylation sites (N-methyl/N-ethyl adjacent to an activating group) is 1. The number of aliphatic hydroxyl groups is 1. The van der Waals surface area contributed by atoms with Crippen LogP contribution in [-0.4, -0.2) is 35.1 Å². The highest BCUT2D eigenvalue weighted by molar-refractivity contribution is 7.14. The van der Waals surface area contributed by atoms with E-state index >= 15 is 0 Å². The van der Waals surface area contributed by atoms with E-state index in [9.17, 15) is 9.90 Å². The first-order valence-electron chi connectivity index (χ1n) is 6.46. The molecule has 2 rings (SSSR count). The lowest BCUT2D eigenvalue weighted by atomic mass is 9.99. The standard InChI is InChI=1S/C14H21NO2S/c1-14(2,17)9-15(3)13(16)12-8-10-6-4-5-7-11(10)18-12/h8,17H,4-7,9H2,1-3H3. The normalized spacial score (nSPS) is 15.3. The van der Waals surface area contributed by atoms with Crippen LogP contribution < -0.4 is 0 Å². The van der Waals surface area contributed by atoms with Gasteiger partial charge in [-0.2, -0.15) is 0 Å². The first kappa shape index (κ1) is 13.6. The predicted molar refractivity (Wildman–Crippen MR) is 74.2 cm³/mol. The number of fused-ring (bicyclic) bond motifs is 1. The number of rotatable bonds is 3. The highest BCUT2D eigenvalue weighted by Crippen LogP contribution is 2.30. The smallest absolute Gasteiger partial charge is 0.263 e. The second kappa shape index (κ2) is 5.02. The summed E-state index contributed by atoms with van der Waals surface area (Å²) in [6.45, 7) is 3.79. The van der Waals surface area contributed by atoms with Crippen molar-refractivity contribution in [2.75, 3.05) is 13.6 Å². The van der Waals surface area contributed by atoms with Gasteiger partial charge in [0.2, 0.25) is 0 Å². The topological polar surface area (TPSA) is 40.5 Å². The van der Waals surface area contributed by atoms with E-state index in [4.69, 9.17) is 0 Å². The summed E-state index contributed by atoms with van der Waals surface area (Å²) in [7, 11) is 1.75. The van der Waals surface area contributed by atoms with E-state index in [1.54, 1.807) is 37.1 Å². The SMILES string of the molecule is CN(CC(C)(C)O)C(=O)c1cc2c(s1)CCCC2. The number of nitrogens with zero attached hydrogens (tertiary/aromatic N) is 1. The average Bonchev–Trinajstić information content (AvgIpc) is 2.68. The van der Waals surface area contributed by atoms with Gasteiger partial charge in [-0.05, 0) is 51.2 Å². The molecule has 1 aromatic rings. The number of carbonyl (C=O) groups is 1. The predicted octanol–water partition coefficient (Wildman–Crippen LogP) is 2.47. The molecule has 0 aromatic carbocycles. The Balaban J connectivity index is 2.11. The summed E-state index contributed by atoms with van der Waals surface area (Å²) < 4.78 is 0. The molecule has 1 aliphatic carbocycles. The zero-order valence-corrected chi connectivity index (χ0v) is 12.1. The molecule has 0 fully saturated rings. The van der Waals surface area contributed by atoms with Crippen LogP contribution in [0.15, 0.2) is 6.07 Å². The third-order valence-corrected chi connectivity index (χ3v) is 4.40. The van der Waals surface area contributed by atoms with Crippen LogP contribution in [0.25, 0.3) is 0 Å². The Kier molecular flexibility index (Phi) is 3.78. The second-order valence-electron chi connectivity index (χ2n) is 5.74. The Morgan fingerprint density at radius 1 is 1.44 bits per heavy atom. The molecule has 1 aromatic heterocycles. The molecule has 0 bridgehead atoms. The molecule has 1 aliphatic rings. The summed E-state index contributed by atoms with van der Waals surface area (Å²) in [5.74, 6) is 0.0246. The van der Waals surface area contributed by atoms with Crippen molar-refractivity contribution >= 4 is 17.2 Å². The first-order valence-corrected chi connectivity index (χ1v) is 7.28. The number of hydrogen-bond acceptors (Lipinski definition) is 3. The van der Waals surface area contributed by atoms with E-state index in [1.165, 1.54) is 23.3 Å². The summed E-state index contributed by atoms with van der Waals surface area (Å²) >= 11 is 1.62. The first-order chi connectivity index (χ1) is 8.37. The minimum absolute atomic E-state index is 0.0246. The molecule has 18 heavy (non-hydrogen) atoms. The lowest BCUT2D eigenvalue weighted by molar-refractivity contribution is 0.0370. The van der Waals surface area contributed by atoms with Crippen molar-refractivity contribution in [1.29, 1.82) is 0 Å². The maximum atomic E-state index is 12.3. The molecular formula is C14H21NO2S. The molecule has 0 unspecified atom stereocenters. The minimum Gasteiger partial charge on any atom is -0.389 e. The number of thiophene rings is 1. The minimum atomic E-state index is -0.846. The van der Waals surface area contributed by atoms with Crippen molar-refractivity contribution in [1.82, 2.24) is 4.90 Å². The van der Waals surface area contributed by atoms with Crippen molar-refractivity contribution in [2.45, 2.75) is 45.1 Å². The highest BCUT2D eigenvalue weighted by atomic mass is 32.1. The van der Waals surface area contributed by atoms with Gasteiger partial charge in [-0.3, -0.25) is 4.79 Å². The van der Waals surface area contributed by atoms with E-state index in [0.29, 0.717) is 6.54 Å². The van der Waals surface area contributed by atoms with Crippen molar-refractivity contribution in [3.63, 3.8) is 0 Å². The molecule has 0 radical (unpaired) electrons. The molecule has 0 saturated heterocycles. The summed E-state index contributed by atoms with van der Waals surface area (Å²) in [4.78, 5) is 16.1. The van der Waals surface area contributed by atoms with Crippen LogP contribution >= 0.6 is 11.3 Å². The fourth-order valence-electron chi connectivity index (χ4n) is 2.44. The van der Waals surface area contributed by atoms with Gasteiger partial charge in [-0.25, -0.2) is 0 Å². The number of carbonyl (C=O) groups excluding carboxylic acids is 1. The fourth-order valence-corrected chi connectivity index (χ4v) is 3.68. The highest BCUT2D eigenvalue weighted by Gasteiger charge is 2.23. The van der Waals surface area contributed by atoms with E-state index < -0.39 is 5.60 Å². The van der Waals surface area contributed by atoms with E-state index in [2.05, 4.69) is 0 Å². The molecule has 1 N–H and O–H groups in total. The monoisotopic (exact) mass is 267 g/mol. The van der Waals surface area contributed by atoms with Crippen LogP contribution in [0.5, 0.6) is 0 Å². The Morgan fingerprint density at radius 3 is 2.72 bits per heavy atom. The quantitative estimate of drug-likeness (QED) is 0.914. The van der Waals surface area contributed by atoms with Gasteiger partial charge in [0.05, 0.1) is 10.5 Å². The average molecular weight is 267 g/mol. The van der Waals surface area contributed by atoms with Crippen LogP contribution in [0.2, 0.25) is 0 Å². The Labute approximate surface area is 112 Å². The lowest BCUT2D eigenvalue weighted by Crippen LogP contribution is -2.39. The van der Waals surface area contributed by atoms with E-state index in [-0.39, 0.29) is 5.91 Å². The van der Waals surface area contributed by atoms with Gasteiger partial charge in [0.1, 0.15) is 0 Å². The van der Waals surface area contributed by atoms with Crippen LogP contribution in [0.4, 0.5) is 0 Å². The van der Waals surface area contributed by atoms with Crippen molar-refractivity contribution < 1.29 is 9.90 Å². The Bertz CT molecular complexity index is 422. The van der Waals surface area contributed by atoms with Gasteiger partial charge in [0, 0.05) is 18.5 Å². The maximum absolute atomic E-state index is 12.3. The largest absolute Gasteiger partial charge is 0.389 e. The molecule has 0 saturated carbocycles. The number of hydrogen-bond donors (Lipinski definition) is 1. The molecule has 1 heterocycles. The maximum Gasteiger partial charge on any atom is 0.263 e. The van der Waals surface area contributed by atoms with Crippen LogP contribution in [0.1, 0.15) is 46.8 Å². The van der Waals surface area contributed by atoms with Crippen LogP contribution in [-0.2, 0) is 12.8 Å². The summed E-state index contributed by atoms with van der Waals surface area (Å²) in [6, 6.07) is 2.04. The van der Waals surface area contributed by atoms with E-state index in [0.717, 1.165) is 17.7 Å². The molecular weight excluding hydrogens is 246 g/mol. The fraction of sp³-hybridized carbons (Fsp3) is 0.643. The van der Waals surface area contributed by atoms with Crippen LogP contribution in [0.3, 0.4) is 0 Å². The molecule has 0 atom stereocenters. The third-order valence-electron chi connectivity index (χ3n) is 3.18. The molecule has 0 spiro atoms. The molecule has 3 nitrogen and oxygen atoms in total. The molecule has 100 valence electrons.